The normalized spacial score (nSPS) is 15.2. The maximum atomic E-state index is 8.96. The quantitative estimate of drug-likeness (QED) is 0.503. The number of nitrogen functional groups attached to an aromatic ring is 1. The fourth-order valence-corrected chi connectivity index (χ4v) is 2.02. The molecule has 0 aromatic carbocycles. The van der Waals surface area contributed by atoms with Crippen LogP contribution in [0.5, 0.6) is 0 Å². The first-order chi connectivity index (χ1) is 8.72. The van der Waals surface area contributed by atoms with E-state index >= 15 is 0 Å². The molecule has 1 aromatic rings. The Morgan fingerprint density at radius 3 is 2.89 bits per heavy atom. The molecular formula is C12H19N5O. The maximum absolute atomic E-state index is 8.96. The van der Waals surface area contributed by atoms with Gasteiger partial charge in [-0.05, 0) is 31.7 Å². The average molecular weight is 249 g/mol. The molecule has 0 saturated heterocycles. The lowest BCUT2D eigenvalue weighted by molar-refractivity contribution is 0.282. The molecule has 2 rings (SSSR count). The van der Waals surface area contributed by atoms with Crippen molar-refractivity contribution in [3.05, 3.63) is 18.0 Å². The number of rotatable bonds is 6. The van der Waals surface area contributed by atoms with Crippen molar-refractivity contribution in [2.24, 2.45) is 5.73 Å². The smallest absolute Gasteiger partial charge is 0.226 e. The molecule has 1 fully saturated rings. The van der Waals surface area contributed by atoms with Gasteiger partial charge in [-0.25, -0.2) is 9.97 Å². The van der Waals surface area contributed by atoms with Crippen molar-refractivity contribution in [3.8, 4) is 0 Å². The van der Waals surface area contributed by atoms with Gasteiger partial charge in [0.2, 0.25) is 5.95 Å². The summed E-state index contributed by atoms with van der Waals surface area (Å²) in [4.78, 5) is 10.7. The second-order valence-corrected chi connectivity index (χ2v) is 4.51. The predicted octanol–water partition coefficient (Wildman–Crippen LogP) is 0.502. The molecule has 0 spiro atoms. The molecule has 1 aliphatic rings. The third-order valence-corrected chi connectivity index (χ3v) is 3.25. The predicted molar refractivity (Wildman–Crippen MR) is 69.7 cm³/mol. The molecule has 0 unspecified atom stereocenters. The minimum absolute atomic E-state index is 0.0469. The maximum Gasteiger partial charge on any atom is 0.226 e. The van der Waals surface area contributed by atoms with Crippen molar-refractivity contribution in [1.29, 1.82) is 5.41 Å². The zero-order valence-electron chi connectivity index (χ0n) is 10.3. The third-order valence-electron chi connectivity index (χ3n) is 3.25. The van der Waals surface area contributed by atoms with Gasteiger partial charge in [-0.3, -0.25) is 5.41 Å². The first kappa shape index (κ1) is 12.8. The van der Waals surface area contributed by atoms with Gasteiger partial charge >= 0.3 is 0 Å². The number of nitrogens with zero attached hydrogens (tertiary/aromatic N) is 3. The molecule has 18 heavy (non-hydrogen) atoms. The van der Waals surface area contributed by atoms with Crippen molar-refractivity contribution < 1.29 is 5.11 Å². The van der Waals surface area contributed by atoms with E-state index in [0.29, 0.717) is 24.1 Å². The van der Waals surface area contributed by atoms with E-state index in [1.165, 1.54) is 6.42 Å². The van der Waals surface area contributed by atoms with Gasteiger partial charge in [0, 0.05) is 25.4 Å². The Morgan fingerprint density at radius 2 is 2.33 bits per heavy atom. The molecule has 0 amide bonds. The van der Waals surface area contributed by atoms with E-state index in [0.717, 1.165) is 19.4 Å². The van der Waals surface area contributed by atoms with Gasteiger partial charge in [-0.2, -0.15) is 0 Å². The van der Waals surface area contributed by atoms with Gasteiger partial charge in [-0.1, -0.05) is 0 Å². The second-order valence-electron chi connectivity index (χ2n) is 4.51. The van der Waals surface area contributed by atoms with Crippen LogP contribution in [0.4, 0.5) is 5.95 Å². The molecule has 1 aromatic heterocycles. The van der Waals surface area contributed by atoms with Gasteiger partial charge in [0.05, 0.1) is 0 Å². The average Bonchev–Trinajstić information content (AvgIpc) is 2.32. The van der Waals surface area contributed by atoms with Crippen LogP contribution in [0.25, 0.3) is 0 Å². The minimum atomic E-state index is -0.0469. The lowest BCUT2D eigenvalue weighted by Crippen LogP contribution is -2.42. The molecule has 1 heterocycles. The molecule has 4 N–H and O–H groups in total. The highest BCUT2D eigenvalue weighted by molar-refractivity contribution is 5.93. The zero-order chi connectivity index (χ0) is 13.0. The Hall–Kier alpha value is -1.69. The van der Waals surface area contributed by atoms with Gasteiger partial charge in [0.1, 0.15) is 11.5 Å². The standard InChI is InChI=1S/C12H19N5O/c13-11(14)10-5-6-15-12(16-10)17(7-2-8-18)9-3-1-4-9/h5-6,9,18H,1-4,7-8H2,(H3,13,14). The number of nitrogens with two attached hydrogens (primary N) is 1. The van der Waals surface area contributed by atoms with Crippen LogP contribution in [0, 0.1) is 5.41 Å². The number of hydrogen-bond acceptors (Lipinski definition) is 5. The summed E-state index contributed by atoms with van der Waals surface area (Å²) >= 11 is 0. The molecule has 0 radical (unpaired) electrons. The molecule has 1 aliphatic carbocycles. The highest BCUT2D eigenvalue weighted by Crippen LogP contribution is 2.27. The van der Waals surface area contributed by atoms with Crippen molar-refractivity contribution in [2.45, 2.75) is 31.7 Å². The Bertz CT molecular complexity index is 419. The van der Waals surface area contributed by atoms with E-state index in [1.54, 1.807) is 12.3 Å². The van der Waals surface area contributed by atoms with Gasteiger partial charge in [-0.15, -0.1) is 0 Å². The lowest BCUT2D eigenvalue weighted by Gasteiger charge is -2.37. The fraction of sp³-hybridized carbons (Fsp3) is 0.583. The van der Waals surface area contributed by atoms with Crippen molar-refractivity contribution in [3.63, 3.8) is 0 Å². The van der Waals surface area contributed by atoms with Gasteiger partial charge in [0.15, 0.2) is 0 Å². The first-order valence-corrected chi connectivity index (χ1v) is 6.27. The highest BCUT2D eigenvalue weighted by Gasteiger charge is 2.26. The first-order valence-electron chi connectivity index (χ1n) is 6.27. The number of amidine groups is 1. The minimum Gasteiger partial charge on any atom is -0.396 e. The Labute approximate surface area is 106 Å². The lowest BCUT2D eigenvalue weighted by atomic mass is 9.91. The number of hydrogen-bond donors (Lipinski definition) is 3. The number of anilines is 1. The summed E-state index contributed by atoms with van der Waals surface area (Å²) in [6.07, 6.45) is 5.83. The topological polar surface area (TPSA) is 99.1 Å². The van der Waals surface area contributed by atoms with Crippen LogP contribution in [0.3, 0.4) is 0 Å². The Morgan fingerprint density at radius 1 is 1.56 bits per heavy atom. The third kappa shape index (κ3) is 2.76. The summed E-state index contributed by atoms with van der Waals surface area (Å²) in [5, 5.41) is 16.4. The van der Waals surface area contributed by atoms with E-state index < -0.39 is 0 Å². The van der Waals surface area contributed by atoms with Crippen molar-refractivity contribution in [1.82, 2.24) is 9.97 Å². The van der Waals surface area contributed by atoms with Crippen LogP contribution >= 0.6 is 0 Å². The molecular weight excluding hydrogens is 230 g/mol. The van der Waals surface area contributed by atoms with E-state index in [4.69, 9.17) is 16.2 Å². The number of aliphatic hydroxyl groups is 1. The van der Waals surface area contributed by atoms with Crippen LogP contribution < -0.4 is 10.6 Å². The molecule has 0 atom stereocenters. The van der Waals surface area contributed by atoms with Crippen molar-refractivity contribution >= 4 is 11.8 Å². The molecule has 6 heteroatoms. The van der Waals surface area contributed by atoms with Gasteiger partial charge in [0.25, 0.3) is 0 Å². The van der Waals surface area contributed by atoms with Crippen LogP contribution in [-0.4, -0.2) is 40.1 Å². The monoisotopic (exact) mass is 249 g/mol. The van der Waals surface area contributed by atoms with E-state index in [9.17, 15) is 0 Å². The number of aromatic nitrogens is 2. The van der Waals surface area contributed by atoms with Gasteiger partial charge < -0.3 is 15.7 Å². The highest BCUT2D eigenvalue weighted by atomic mass is 16.3. The largest absolute Gasteiger partial charge is 0.396 e. The molecule has 0 aliphatic heterocycles. The van der Waals surface area contributed by atoms with Crippen LogP contribution in [0.1, 0.15) is 31.4 Å². The summed E-state index contributed by atoms with van der Waals surface area (Å²) < 4.78 is 0. The summed E-state index contributed by atoms with van der Waals surface area (Å²) in [6, 6.07) is 2.09. The number of nitrogens with one attached hydrogen (secondary N) is 1. The summed E-state index contributed by atoms with van der Waals surface area (Å²) in [7, 11) is 0. The van der Waals surface area contributed by atoms with Crippen LogP contribution in [0.15, 0.2) is 12.3 Å². The van der Waals surface area contributed by atoms with E-state index in [1.807, 2.05) is 0 Å². The summed E-state index contributed by atoms with van der Waals surface area (Å²) in [5.74, 6) is 0.565. The van der Waals surface area contributed by atoms with E-state index in [-0.39, 0.29) is 12.4 Å². The SMILES string of the molecule is N=C(N)c1ccnc(N(CCCO)C2CCC2)n1. The van der Waals surface area contributed by atoms with E-state index in [2.05, 4.69) is 14.9 Å². The molecule has 6 nitrogen and oxygen atoms in total. The number of aliphatic hydroxyl groups excluding tert-OH is 1. The van der Waals surface area contributed by atoms with Crippen LogP contribution in [0.2, 0.25) is 0 Å². The van der Waals surface area contributed by atoms with Crippen molar-refractivity contribution in [2.75, 3.05) is 18.1 Å². The fourth-order valence-electron chi connectivity index (χ4n) is 2.02. The molecule has 0 bridgehead atoms. The Kier molecular flexibility index (Phi) is 4.09. The summed E-state index contributed by atoms with van der Waals surface area (Å²) in [6.45, 7) is 0.901. The second kappa shape index (κ2) is 5.77. The molecule has 98 valence electrons. The van der Waals surface area contributed by atoms with Crippen LogP contribution in [-0.2, 0) is 0 Å². The zero-order valence-corrected chi connectivity index (χ0v) is 10.3. The molecule has 1 saturated carbocycles. The Balaban J connectivity index is 2.17. The summed E-state index contributed by atoms with van der Waals surface area (Å²) in [5.41, 5.74) is 5.89.